The van der Waals surface area contributed by atoms with Crippen molar-refractivity contribution in [1.29, 1.82) is 0 Å². The van der Waals surface area contributed by atoms with E-state index in [9.17, 15) is 9.59 Å². The zero-order valence-electron chi connectivity index (χ0n) is 9.44. The van der Waals surface area contributed by atoms with E-state index in [1.54, 1.807) is 19.1 Å². The molecular formula is C12H13ClO4. The minimum Gasteiger partial charge on any atom is -0.491 e. The molecule has 0 spiro atoms. The van der Waals surface area contributed by atoms with Crippen molar-refractivity contribution in [3.05, 3.63) is 28.8 Å². The topological polar surface area (TPSA) is 52.6 Å². The van der Waals surface area contributed by atoms with Crippen molar-refractivity contribution in [2.24, 2.45) is 0 Å². The van der Waals surface area contributed by atoms with Crippen molar-refractivity contribution < 1.29 is 19.1 Å². The highest BCUT2D eigenvalue weighted by atomic mass is 35.5. The Labute approximate surface area is 104 Å². The molecule has 1 aromatic rings. The van der Waals surface area contributed by atoms with E-state index in [2.05, 4.69) is 0 Å². The molecule has 0 saturated heterocycles. The molecule has 92 valence electrons. The fourth-order valence-corrected chi connectivity index (χ4v) is 1.43. The molecule has 0 unspecified atom stereocenters. The normalized spacial score (nSPS) is 9.76. The van der Waals surface area contributed by atoms with Crippen LogP contribution in [0.2, 0.25) is 5.02 Å². The Bertz CT molecular complexity index is 403. The summed E-state index contributed by atoms with van der Waals surface area (Å²) >= 11 is 5.88. The SMILES string of the molecule is CCOC(=O)CCOc1ccc(C=O)cc1Cl. The third-order valence-electron chi connectivity index (χ3n) is 1.96. The summed E-state index contributed by atoms with van der Waals surface area (Å²) in [5.74, 6) is 0.134. The zero-order valence-corrected chi connectivity index (χ0v) is 10.2. The van der Waals surface area contributed by atoms with Crippen LogP contribution in [0.25, 0.3) is 0 Å². The smallest absolute Gasteiger partial charge is 0.309 e. The number of aldehydes is 1. The molecule has 0 bridgehead atoms. The lowest BCUT2D eigenvalue weighted by Crippen LogP contribution is -2.09. The number of rotatable bonds is 6. The predicted octanol–water partition coefficient (Wildman–Crippen LogP) is 2.48. The molecule has 0 aliphatic heterocycles. The summed E-state index contributed by atoms with van der Waals surface area (Å²) in [5.41, 5.74) is 0.479. The molecule has 0 atom stereocenters. The average Bonchev–Trinajstić information content (AvgIpc) is 2.31. The van der Waals surface area contributed by atoms with Crippen LogP contribution in [0, 0.1) is 0 Å². The first-order chi connectivity index (χ1) is 8.17. The van der Waals surface area contributed by atoms with Gasteiger partial charge in [-0.1, -0.05) is 11.6 Å². The number of benzene rings is 1. The monoisotopic (exact) mass is 256 g/mol. The van der Waals surface area contributed by atoms with Crippen LogP contribution in [0.3, 0.4) is 0 Å². The molecule has 0 aromatic heterocycles. The average molecular weight is 257 g/mol. The molecule has 17 heavy (non-hydrogen) atoms. The summed E-state index contributed by atoms with van der Waals surface area (Å²) in [5, 5.41) is 0.346. The van der Waals surface area contributed by atoms with Crippen molar-refractivity contribution in [2.75, 3.05) is 13.2 Å². The van der Waals surface area contributed by atoms with Crippen LogP contribution in [0.4, 0.5) is 0 Å². The van der Waals surface area contributed by atoms with Crippen LogP contribution >= 0.6 is 11.6 Å². The van der Waals surface area contributed by atoms with Gasteiger partial charge >= 0.3 is 5.97 Å². The second-order valence-corrected chi connectivity index (χ2v) is 3.62. The van der Waals surface area contributed by atoms with Crippen molar-refractivity contribution in [2.45, 2.75) is 13.3 Å². The maximum atomic E-state index is 11.0. The van der Waals surface area contributed by atoms with Crippen LogP contribution in [0.5, 0.6) is 5.75 Å². The molecule has 1 aromatic carbocycles. The molecule has 5 heteroatoms. The van der Waals surface area contributed by atoms with E-state index in [-0.39, 0.29) is 19.0 Å². The van der Waals surface area contributed by atoms with Gasteiger partial charge in [0.05, 0.1) is 24.7 Å². The van der Waals surface area contributed by atoms with E-state index in [4.69, 9.17) is 21.1 Å². The van der Waals surface area contributed by atoms with E-state index in [0.29, 0.717) is 29.2 Å². The fourth-order valence-electron chi connectivity index (χ4n) is 1.18. The van der Waals surface area contributed by atoms with E-state index < -0.39 is 0 Å². The maximum Gasteiger partial charge on any atom is 0.309 e. The summed E-state index contributed by atoms with van der Waals surface area (Å²) in [6, 6.07) is 4.70. The van der Waals surface area contributed by atoms with Crippen LogP contribution in [0.15, 0.2) is 18.2 Å². The quantitative estimate of drug-likeness (QED) is 0.580. The number of hydrogen-bond acceptors (Lipinski definition) is 4. The highest BCUT2D eigenvalue weighted by Gasteiger charge is 2.05. The largest absolute Gasteiger partial charge is 0.491 e. The molecule has 0 amide bonds. The van der Waals surface area contributed by atoms with Gasteiger partial charge in [0.1, 0.15) is 12.0 Å². The van der Waals surface area contributed by atoms with Crippen LogP contribution in [0.1, 0.15) is 23.7 Å². The van der Waals surface area contributed by atoms with Crippen LogP contribution in [-0.2, 0) is 9.53 Å². The Kier molecular flexibility index (Phi) is 5.49. The Hall–Kier alpha value is -1.55. The van der Waals surface area contributed by atoms with Gasteiger partial charge in [0.25, 0.3) is 0 Å². The zero-order chi connectivity index (χ0) is 12.7. The third kappa shape index (κ3) is 4.44. The van der Waals surface area contributed by atoms with Gasteiger partial charge in [0.15, 0.2) is 0 Å². The highest BCUT2D eigenvalue weighted by Crippen LogP contribution is 2.24. The molecule has 0 fully saturated rings. The van der Waals surface area contributed by atoms with E-state index in [1.165, 1.54) is 6.07 Å². The molecule has 0 heterocycles. The lowest BCUT2D eigenvalue weighted by molar-refractivity contribution is -0.143. The van der Waals surface area contributed by atoms with Gasteiger partial charge in [-0.2, -0.15) is 0 Å². The number of ether oxygens (including phenoxy) is 2. The molecule has 0 aliphatic carbocycles. The predicted molar refractivity (Wildman–Crippen MR) is 63.6 cm³/mol. The molecule has 0 saturated carbocycles. The number of hydrogen-bond donors (Lipinski definition) is 0. The van der Waals surface area contributed by atoms with Gasteiger partial charge in [-0.15, -0.1) is 0 Å². The van der Waals surface area contributed by atoms with Crippen LogP contribution < -0.4 is 4.74 Å². The first kappa shape index (κ1) is 13.5. The van der Waals surface area contributed by atoms with Crippen molar-refractivity contribution in [1.82, 2.24) is 0 Å². The summed E-state index contributed by atoms with van der Waals surface area (Å²) in [7, 11) is 0. The molecule has 0 aliphatic rings. The minimum absolute atomic E-state index is 0.166. The van der Waals surface area contributed by atoms with Gasteiger partial charge in [0, 0.05) is 5.56 Å². The summed E-state index contributed by atoms with van der Waals surface area (Å²) in [4.78, 5) is 21.5. The first-order valence-electron chi connectivity index (χ1n) is 5.20. The molecular weight excluding hydrogens is 244 g/mol. The Morgan fingerprint density at radius 3 is 2.82 bits per heavy atom. The maximum absolute atomic E-state index is 11.0. The number of carbonyl (C=O) groups is 2. The van der Waals surface area contributed by atoms with Crippen molar-refractivity contribution >= 4 is 23.9 Å². The second-order valence-electron chi connectivity index (χ2n) is 3.21. The Morgan fingerprint density at radius 2 is 2.24 bits per heavy atom. The van der Waals surface area contributed by atoms with E-state index in [1.807, 2.05) is 0 Å². The molecule has 1 rings (SSSR count). The van der Waals surface area contributed by atoms with E-state index >= 15 is 0 Å². The van der Waals surface area contributed by atoms with Crippen molar-refractivity contribution in [3.63, 3.8) is 0 Å². The van der Waals surface area contributed by atoms with Crippen molar-refractivity contribution in [3.8, 4) is 5.75 Å². The van der Waals surface area contributed by atoms with Gasteiger partial charge in [-0.25, -0.2) is 0 Å². The lowest BCUT2D eigenvalue weighted by atomic mass is 10.2. The minimum atomic E-state index is -0.312. The van der Waals surface area contributed by atoms with Crippen LogP contribution in [-0.4, -0.2) is 25.5 Å². The summed E-state index contributed by atoms with van der Waals surface area (Å²) in [6.07, 6.45) is 0.869. The van der Waals surface area contributed by atoms with Gasteiger partial charge in [0.2, 0.25) is 0 Å². The number of halogens is 1. The Morgan fingerprint density at radius 1 is 1.47 bits per heavy atom. The summed E-state index contributed by atoms with van der Waals surface area (Å²) in [6.45, 7) is 2.29. The first-order valence-corrected chi connectivity index (χ1v) is 5.58. The van der Waals surface area contributed by atoms with Gasteiger partial charge in [-0.05, 0) is 25.1 Å². The number of esters is 1. The highest BCUT2D eigenvalue weighted by molar-refractivity contribution is 6.32. The Balaban J connectivity index is 2.47. The van der Waals surface area contributed by atoms with Gasteiger partial charge in [-0.3, -0.25) is 9.59 Å². The second kappa shape index (κ2) is 6.91. The van der Waals surface area contributed by atoms with Gasteiger partial charge < -0.3 is 9.47 Å². The molecule has 4 nitrogen and oxygen atoms in total. The number of carbonyl (C=O) groups excluding carboxylic acids is 2. The fraction of sp³-hybridized carbons (Fsp3) is 0.333. The third-order valence-corrected chi connectivity index (χ3v) is 2.26. The van der Waals surface area contributed by atoms with E-state index in [0.717, 1.165) is 0 Å². The summed E-state index contributed by atoms with van der Waals surface area (Å²) < 4.78 is 10.1. The molecule has 0 radical (unpaired) electrons. The lowest BCUT2D eigenvalue weighted by Gasteiger charge is -2.07. The molecule has 0 N–H and O–H groups in total. The standard InChI is InChI=1S/C12H13ClO4/c1-2-16-12(15)5-6-17-11-4-3-9(8-14)7-10(11)13/h3-4,7-8H,2,5-6H2,1H3.